The third-order valence-corrected chi connectivity index (χ3v) is 4.36. The average molecular weight is 402 g/mol. The number of nitrogens with one attached hydrogen (secondary N) is 1. The SMILES string of the molecule is CNC(=O)/C(=N\OC)c1ccccc1COc1c(Cl)ccc(Cl)c1Cl. The molecule has 0 fully saturated rings. The molecule has 0 atom stereocenters. The van der Waals surface area contributed by atoms with Crippen molar-refractivity contribution in [2.75, 3.05) is 14.2 Å². The second-order valence-electron chi connectivity index (χ2n) is 4.82. The van der Waals surface area contributed by atoms with Gasteiger partial charge in [-0.05, 0) is 17.7 Å². The molecule has 1 N–H and O–H groups in total. The summed E-state index contributed by atoms with van der Waals surface area (Å²) in [6.07, 6.45) is 0. The molecule has 0 aromatic heterocycles. The van der Waals surface area contributed by atoms with Gasteiger partial charge in [0.1, 0.15) is 18.7 Å². The Balaban J connectivity index is 2.35. The van der Waals surface area contributed by atoms with Gasteiger partial charge in [0, 0.05) is 12.6 Å². The van der Waals surface area contributed by atoms with Gasteiger partial charge in [-0.2, -0.15) is 0 Å². The van der Waals surface area contributed by atoms with Crippen LogP contribution in [0.4, 0.5) is 0 Å². The summed E-state index contributed by atoms with van der Waals surface area (Å²) in [4.78, 5) is 16.8. The quantitative estimate of drug-likeness (QED) is 0.445. The number of amides is 1. The second-order valence-corrected chi connectivity index (χ2v) is 6.01. The molecule has 0 spiro atoms. The molecule has 0 radical (unpaired) electrons. The normalized spacial score (nSPS) is 11.2. The van der Waals surface area contributed by atoms with E-state index >= 15 is 0 Å². The van der Waals surface area contributed by atoms with Crippen LogP contribution in [0.3, 0.4) is 0 Å². The Morgan fingerprint density at radius 2 is 1.80 bits per heavy atom. The Hall–Kier alpha value is -1.95. The first-order valence-electron chi connectivity index (χ1n) is 7.17. The Kier molecular flexibility index (Phi) is 6.93. The van der Waals surface area contributed by atoms with Gasteiger partial charge in [-0.1, -0.05) is 64.2 Å². The molecule has 2 rings (SSSR count). The first-order valence-corrected chi connectivity index (χ1v) is 8.30. The van der Waals surface area contributed by atoms with Crippen molar-refractivity contribution in [3.63, 3.8) is 0 Å². The maximum atomic E-state index is 12.1. The van der Waals surface area contributed by atoms with Gasteiger partial charge in [0.25, 0.3) is 5.91 Å². The van der Waals surface area contributed by atoms with E-state index < -0.39 is 0 Å². The predicted octanol–water partition coefficient (Wildman–Crippen LogP) is 4.32. The first-order chi connectivity index (χ1) is 12.0. The van der Waals surface area contributed by atoms with Gasteiger partial charge in [-0.15, -0.1) is 0 Å². The molecule has 0 aliphatic carbocycles. The molecule has 0 aliphatic heterocycles. The number of ether oxygens (including phenoxy) is 1. The van der Waals surface area contributed by atoms with E-state index in [2.05, 4.69) is 10.5 Å². The van der Waals surface area contributed by atoms with Crippen LogP contribution < -0.4 is 10.1 Å². The molecule has 0 unspecified atom stereocenters. The van der Waals surface area contributed by atoms with E-state index in [1.54, 1.807) is 30.3 Å². The summed E-state index contributed by atoms with van der Waals surface area (Å²) >= 11 is 18.2. The second kappa shape index (κ2) is 8.94. The predicted molar refractivity (Wildman–Crippen MR) is 99.9 cm³/mol. The van der Waals surface area contributed by atoms with E-state index in [9.17, 15) is 4.79 Å². The number of carbonyl (C=O) groups is 1. The minimum atomic E-state index is -0.381. The largest absolute Gasteiger partial charge is 0.486 e. The highest BCUT2D eigenvalue weighted by Gasteiger charge is 2.18. The van der Waals surface area contributed by atoms with Crippen molar-refractivity contribution in [1.82, 2.24) is 5.32 Å². The van der Waals surface area contributed by atoms with Gasteiger partial charge < -0.3 is 14.9 Å². The summed E-state index contributed by atoms with van der Waals surface area (Å²) in [7, 11) is 2.88. The summed E-state index contributed by atoms with van der Waals surface area (Å²) in [5.74, 6) is -0.107. The summed E-state index contributed by atoms with van der Waals surface area (Å²) in [5, 5.41) is 7.23. The van der Waals surface area contributed by atoms with Crippen molar-refractivity contribution < 1.29 is 14.4 Å². The molecule has 5 nitrogen and oxygen atoms in total. The maximum Gasteiger partial charge on any atom is 0.273 e. The van der Waals surface area contributed by atoms with Gasteiger partial charge in [0.2, 0.25) is 0 Å². The first kappa shape index (κ1) is 19.4. The zero-order valence-electron chi connectivity index (χ0n) is 13.5. The molecule has 8 heteroatoms. The standard InChI is InChI=1S/C17H15Cl3N2O3/c1-21-17(23)15(22-24-2)11-6-4-3-5-10(11)9-25-16-13(19)8-7-12(18)14(16)20/h3-8H,9H2,1-2H3,(H,21,23)/b22-15-. The minimum absolute atomic E-state index is 0.107. The number of halogens is 3. The fraction of sp³-hybridized carbons (Fsp3) is 0.176. The molecule has 0 saturated carbocycles. The lowest BCUT2D eigenvalue weighted by Gasteiger charge is -2.14. The van der Waals surface area contributed by atoms with Crippen LogP contribution >= 0.6 is 34.8 Å². The summed E-state index contributed by atoms with van der Waals surface area (Å²) in [6, 6.07) is 10.3. The fourth-order valence-electron chi connectivity index (χ4n) is 2.09. The third-order valence-electron chi connectivity index (χ3n) is 3.27. The van der Waals surface area contributed by atoms with E-state index in [-0.39, 0.29) is 29.0 Å². The van der Waals surface area contributed by atoms with E-state index in [0.717, 1.165) is 0 Å². The van der Waals surface area contributed by atoms with E-state index in [1.807, 2.05) is 6.07 Å². The lowest BCUT2D eigenvalue weighted by Crippen LogP contribution is -2.29. The van der Waals surface area contributed by atoms with Crippen molar-refractivity contribution in [3.05, 3.63) is 62.6 Å². The Morgan fingerprint density at radius 3 is 2.48 bits per heavy atom. The van der Waals surface area contributed by atoms with Gasteiger partial charge >= 0.3 is 0 Å². The number of rotatable bonds is 6. The monoisotopic (exact) mass is 400 g/mol. The van der Waals surface area contributed by atoms with Crippen LogP contribution in [-0.4, -0.2) is 25.8 Å². The molecule has 2 aromatic rings. The number of hydrogen-bond acceptors (Lipinski definition) is 4. The summed E-state index contributed by atoms with van der Waals surface area (Å²) < 4.78 is 5.74. The highest BCUT2D eigenvalue weighted by atomic mass is 35.5. The number of benzene rings is 2. The van der Waals surface area contributed by atoms with Crippen LogP contribution in [0.1, 0.15) is 11.1 Å². The van der Waals surface area contributed by atoms with Crippen LogP contribution in [0, 0.1) is 0 Å². The molecule has 0 bridgehead atoms. The number of hydrogen-bond donors (Lipinski definition) is 1. The molecule has 2 aromatic carbocycles. The molecule has 0 saturated heterocycles. The van der Waals surface area contributed by atoms with Crippen LogP contribution in [0.2, 0.25) is 15.1 Å². The molecular weight excluding hydrogens is 387 g/mol. The van der Waals surface area contributed by atoms with Crippen LogP contribution in [0.15, 0.2) is 41.6 Å². The fourth-order valence-corrected chi connectivity index (χ4v) is 2.72. The maximum absolute atomic E-state index is 12.1. The lowest BCUT2D eigenvalue weighted by atomic mass is 10.0. The summed E-state index contributed by atoms with van der Waals surface area (Å²) in [6.45, 7) is 0.107. The highest BCUT2D eigenvalue weighted by molar-refractivity contribution is 6.45. The third kappa shape index (κ3) is 4.57. The number of carbonyl (C=O) groups excluding carboxylic acids is 1. The minimum Gasteiger partial charge on any atom is -0.486 e. The molecule has 0 aliphatic rings. The molecule has 132 valence electrons. The molecule has 1 amide bonds. The van der Waals surface area contributed by atoms with Crippen molar-refractivity contribution in [2.45, 2.75) is 6.61 Å². The van der Waals surface area contributed by atoms with Gasteiger partial charge in [0.15, 0.2) is 11.5 Å². The van der Waals surface area contributed by atoms with Crippen molar-refractivity contribution in [1.29, 1.82) is 0 Å². The van der Waals surface area contributed by atoms with E-state index in [0.29, 0.717) is 21.2 Å². The lowest BCUT2D eigenvalue weighted by molar-refractivity contribution is -0.114. The van der Waals surface area contributed by atoms with Crippen LogP contribution in [0.25, 0.3) is 0 Å². The van der Waals surface area contributed by atoms with E-state index in [4.69, 9.17) is 44.4 Å². The smallest absolute Gasteiger partial charge is 0.273 e. The number of likely N-dealkylation sites (N-methyl/N-ethyl adjacent to an activating group) is 1. The van der Waals surface area contributed by atoms with Crippen molar-refractivity contribution in [3.8, 4) is 5.75 Å². The Labute approximate surface area is 160 Å². The average Bonchev–Trinajstić information content (AvgIpc) is 2.63. The topological polar surface area (TPSA) is 59.9 Å². The van der Waals surface area contributed by atoms with Gasteiger partial charge in [-0.25, -0.2) is 0 Å². The van der Waals surface area contributed by atoms with Gasteiger partial charge in [-0.3, -0.25) is 4.79 Å². The highest BCUT2D eigenvalue weighted by Crippen LogP contribution is 2.38. The zero-order valence-corrected chi connectivity index (χ0v) is 15.7. The molecule has 0 heterocycles. The van der Waals surface area contributed by atoms with Crippen molar-refractivity contribution in [2.24, 2.45) is 5.16 Å². The van der Waals surface area contributed by atoms with Crippen LogP contribution in [0.5, 0.6) is 5.75 Å². The zero-order chi connectivity index (χ0) is 18.4. The molecular formula is C17H15Cl3N2O3. The number of nitrogens with zero attached hydrogens (tertiary/aromatic N) is 1. The van der Waals surface area contributed by atoms with Gasteiger partial charge in [0.05, 0.1) is 10.0 Å². The number of oxime groups is 1. The van der Waals surface area contributed by atoms with E-state index in [1.165, 1.54) is 14.2 Å². The molecule has 25 heavy (non-hydrogen) atoms. The van der Waals surface area contributed by atoms with Crippen molar-refractivity contribution >= 4 is 46.4 Å². The summed E-state index contributed by atoms with van der Waals surface area (Å²) in [5.41, 5.74) is 1.40. The van der Waals surface area contributed by atoms with Crippen LogP contribution in [-0.2, 0) is 16.2 Å². The Morgan fingerprint density at radius 1 is 1.12 bits per heavy atom. The Bertz CT molecular complexity index is 810.